The Bertz CT molecular complexity index is 792. The van der Waals surface area contributed by atoms with E-state index in [-0.39, 0.29) is 20.7 Å². The number of carboxylic acids is 1. The van der Waals surface area contributed by atoms with Gasteiger partial charge in [-0.3, -0.25) is 19.3 Å². The molecule has 0 saturated carbocycles. The highest BCUT2D eigenvalue weighted by molar-refractivity contribution is 8.26. The van der Waals surface area contributed by atoms with Crippen LogP contribution < -0.4 is 5.32 Å². The Kier molecular flexibility index (Phi) is 5.65. The van der Waals surface area contributed by atoms with Crippen molar-refractivity contribution in [1.29, 1.82) is 0 Å². The Morgan fingerprint density at radius 2 is 2.08 bits per heavy atom. The number of carboxylic acid groups (broad SMARTS) is 1. The monoisotopic (exact) mass is 382 g/mol. The summed E-state index contributed by atoms with van der Waals surface area (Å²) in [5.41, 5.74) is 0.307. The summed E-state index contributed by atoms with van der Waals surface area (Å²) in [6.07, 6.45) is 1.40. The number of aliphatic carboxylic acids is 1. The number of phenols is 2. The minimum atomic E-state index is -1.20. The molecule has 1 fully saturated rings. The first-order chi connectivity index (χ1) is 11.7. The summed E-state index contributed by atoms with van der Waals surface area (Å²) >= 11 is 6.08. The van der Waals surface area contributed by atoms with Gasteiger partial charge in [-0.2, -0.15) is 0 Å². The van der Waals surface area contributed by atoms with E-state index in [1.54, 1.807) is 0 Å². The first-order valence-corrected chi connectivity index (χ1v) is 8.21. The quantitative estimate of drug-likeness (QED) is 0.437. The zero-order valence-electron chi connectivity index (χ0n) is 12.9. The highest BCUT2D eigenvalue weighted by Gasteiger charge is 2.38. The van der Waals surface area contributed by atoms with Crippen LogP contribution in [-0.2, 0) is 14.4 Å². The van der Waals surface area contributed by atoms with Crippen molar-refractivity contribution < 1.29 is 29.7 Å². The van der Waals surface area contributed by atoms with Gasteiger partial charge in [-0.15, -0.1) is 0 Å². The van der Waals surface area contributed by atoms with E-state index in [0.717, 1.165) is 22.7 Å². The van der Waals surface area contributed by atoms with E-state index in [0.29, 0.717) is 5.56 Å². The molecular formula is C15H14N2O6S2. The van der Waals surface area contributed by atoms with Crippen LogP contribution >= 0.6 is 24.0 Å². The normalized spacial score (nSPS) is 17.0. The van der Waals surface area contributed by atoms with Gasteiger partial charge in [0.15, 0.2) is 0 Å². The van der Waals surface area contributed by atoms with Crippen molar-refractivity contribution in [2.24, 2.45) is 0 Å². The van der Waals surface area contributed by atoms with Gasteiger partial charge in [0.05, 0.1) is 4.91 Å². The molecule has 2 rings (SSSR count). The molecule has 2 amide bonds. The van der Waals surface area contributed by atoms with Gasteiger partial charge in [0.2, 0.25) is 5.91 Å². The molecule has 8 nitrogen and oxygen atoms in total. The fraction of sp³-hybridized carbons (Fsp3) is 0.200. The first kappa shape index (κ1) is 18.7. The Morgan fingerprint density at radius 3 is 2.68 bits per heavy atom. The molecule has 1 saturated heterocycles. The molecule has 1 unspecified atom stereocenters. The number of benzene rings is 1. The van der Waals surface area contributed by atoms with Gasteiger partial charge in [-0.05, 0) is 25.1 Å². The molecule has 10 heteroatoms. The van der Waals surface area contributed by atoms with E-state index in [1.807, 2.05) is 0 Å². The second kappa shape index (κ2) is 7.53. The number of carbonyl (C=O) groups is 3. The molecule has 0 bridgehead atoms. The van der Waals surface area contributed by atoms with E-state index >= 15 is 0 Å². The molecule has 1 aromatic carbocycles. The summed E-state index contributed by atoms with van der Waals surface area (Å²) < 4.78 is 0.146. The van der Waals surface area contributed by atoms with Crippen molar-refractivity contribution in [1.82, 2.24) is 10.2 Å². The van der Waals surface area contributed by atoms with Crippen LogP contribution in [0.1, 0.15) is 12.5 Å². The molecule has 1 heterocycles. The largest absolute Gasteiger partial charge is 0.508 e. The first-order valence-electron chi connectivity index (χ1n) is 6.99. The maximum Gasteiger partial charge on any atom is 0.322 e. The number of amides is 2. The Hall–Kier alpha value is -2.59. The van der Waals surface area contributed by atoms with Gasteiger partial charge < -0.3 is 20.6 Å². The third-order valence-corrected chi connectivity index (χ3v) is 4.64. The third kappa shape index (κ3) is 4.28. The molecule has 0 aromatic heterocycles. The predicted molar refractivity (Wildman–Crippen MR) is 94.9 cm³/mol. The average molecular weight is 382 g/mol. The van der Waals surface area contributed by atoms with Gasteiger partial charge in [-0.25, -0.2) is 0 Å². The smallest absolute Gasteiger partial charge is 0.322 e. The van der Waals surface area contributed by atoms with Gasteiger partial charge in [0.1, 0.15) is 28.4 Å². The summed E-state index contributed by atoms with van der Waals surface area (Å²) in [6, 6.07) is 2.94. The van der Waals surface area contributed by atoms with Crippen LogP contribution in [0.2, 0.25) is 0 Å². The van der Waals surface area contributed by atoms with Crippen LogP contribution in [0, 0.1) is 0 Å². The lowest BCUT2D eigenvalue weighted by atomic mass is 10.1. The van der Waals surface area contributed by atoms with Crippen molar-refractivity contribution in [3.8, 4) is 11.5 Å². The Balaban J connectivity index is 2.20. The Labute approximate surface area is 152 Å². The number of phenolic OH excluding ortho intramolecular Hbond substituents is 2. The predicted octanol–water partition coefficient (Wildman–Crippen LogP) is 0.888. The molecule has 25 heavy (non-hydrogen) atoms. The molecular weight excluding hydrogens is 368 g/mol. The molecule has 4 N–H and O–H groups in total. The Morgan fingerprint density at radius 1 is 1.40 bits per heavy atom. The minimum absolute atomic E-state index is 0.120. The van der Waals surface area contributed by atoms with Gasteiger partial charge >= 0.3 is 5.97 Å². The fourth-order valence-corrected chi connectivity index (χ4v) is 3.45. The number of rotatable bonds is 5. The van der Waals surface area contributed by atoms with Crippen molar-refractivity contribution in [3.05, 3.63) is 28.7 Å². The standard InChI is InChI=1S/C15H14N2O6S2/c1-7(13(22)16-6-12(20)21)17-14(23)11(25-15(17)24)4-8-2-3-9(18)5-10(8)19/h2-5,7,18-19H,6H2,1H3,(H,16,22)(H,20,21)/b11-4-. The number of thioether (sulfide) groups is 1. The van der Waals surface area contributed by atoms with Crippen molar-refractivity contribution >= 4 is 52.2 Å². The number of nitrogens with one attached hydrogen (secondary N) is 1. The van der Waals surface area contributed by atoms with Crippen LogP contribution in [0.3, 0.4) is 0 Å². The molecule has 0 spiro atoms. The van der Waals surface area contributed by atoms with E-state index < -0.39 is 30.4 Å². The number of hydrogen-bond donors (Lipinski definition) is 4. The van der Waals surface area contributed by atoms with Crippen LogP contribution in [0.15, 0.2) is 23.1 Å². The average Bonchev–Trinajstić information content (AvgIpc) is 2.81. The fourth-order valence-electron chi connectivity index (χ4n) is 2.04. The number of hydrogen-bond acceptors (Lipinski definition) is 7. The third-order valence-electron chi connectivity index (χ3n) is 3.30. The zero-order valence-corrected chi connectivity index (χ0v) is 14.6. The van der Waals surface area contributed by atoms with E-state index in [1.165, 1.54) is 25.1 Å². The van der Waals surface area contributed by atoms with Crippen LogP contribution in [0.4, 0.5) is 0 Å². The highest BCUT2D eigenvalue weighted by atomic mass is 32.2. The molecule has 1 atom stereocenters. The van der Waals surface area contributed by atoms with Crippen LogP contribution in [0.5, 0.6) is 11.5 Å². The number of thiocarbonyl (C=S) groups is 1. The summed E-state index contributed by atoms with van der Waals surface area (Å²) in [6.45, 7) is 0.873. The summed E-state index contributed by atoms with van der Waals surface area (Å²) in [4.78, 5) is 36.3. The van der Waals surface area contributed by atoms with Crippen molar-refractivity contribution in [3.63, 3.8) is 0 Å². The summed E-state index contributed by atoms with van der Waals surface area (Å²) in [5.74, 6) is -2.70. The number of carbonyl (C=O) groups excluding carboxylic acids is 2. The van der Waals surface area contributed by atoms with E-state index in [9.17, 15) is 24.6 Å². The highest BCUT2D eigenvalue weighted by Crippen LogP contribution is 2.35. The molecule has 132 valence electrons. The van der Waals surface area contributed by atoms with Crippen molar-refractivity contribution in [2.75, 3.05) is 6.54 Å². The van der Waals surface area contributed by atoms with Gasteiger partial charge in [0, 0.05) is 11.6 Å². The number of aromatic hydroxyl groups is 2. The maximum atomic E-state index is 12.5. The second-order valence-corrected chi connectivity index (χ2v) is 6.76. The number of nitrogens with zero attached hydrogens (tertiary/aromatic N) is 1. The molecule has 1 aliphatic rings. The van der Waals surface area contributed by atoms with Crippen LogP contribution in [-0.4, -0.2) is 54.9 Å². The lowest BCUT2D eigenvalue weighted by Gasteiger charge is -2.21. The zero-order chi connectivity index (χ0) is 18.7. The SMILES string of the molecule is CC(C(=O)NCC(=O)O)N1C(=O)/C(=C/c2ccc(O)cc2O)SC1=S. The second-order valence-electron chi connectivity index (χ2n) is 5.08. The molecule has 0 radical (unpaired) electrons. The lowest BCUT2D eigenvalue weighted by molar-refractivity contribution is -0.139. The molecule has 1 aromatic rings. The minimum Gasteiger partial charge on any atom is -0.508 e. The summed E-state index contributed by atoms with van der Waals surface area (Å²) in [7, 11) is 0. The van der Waals surface area contributed by atoms with E-state index in [4.69, 9.17) is 17.3 Å². The van der Waals surface area contributed by atoms with Gasteiger partial charge in [0.25, 0.3) is 5.91 Å². The van der Waals surface area contributed by atoms with Crippen LogP contribution in [0.25, 0.3) is 6.08 Å². The maximum absolute atomic E-state index is 12.5. The summed E-state index contributed by atoms with van der Waals surface area (Å²) in [5, 5.41) is 29.9. The molecule has 0 aliphatic carbocycles. The molecule has 1 aliphatic heterocycles. The topological polar surface area (TPSA) is 127 Å². The van der Waals surface area contributed by atoms with Crippen molar-refractivity contribution in [2.45, 2.75) is 13.0 Å². The lowest BCUT2D eigenvalue weighted by Crippen LogP contribution is -2.48. The van der Waals surface area contributed by atoms with Gasteiger partial charge in [-0.1, -0.05) is 24.0 Å². The van der Waals surface area contributed by atoms with E-state index in [2.05, 4.69) is 5.32 Å².